The van der Waals surface area contributed by atoms with E-state index in [0.29, 0.717) is 18.8 Å². The average molecular weight is 311 g/mol. The van der Waals surface area contributed by atoms with Crippen LogP contribution in [-0.2, 0) is 16.0 Å². The summed E-state index contributed by atoms with van der Waals surface area (Å²) in [6, 6.07) is 7.35. The number of benzene rings is 1. The number of nitrogens with one attached hydrogen (secondary N) is 1. The zero-order valence-corrected chi connectivity index (χ0v) is 13.1. The molecule has 0 heterocycles. The second-order valence-electron chi connectivity index (χ2n) is 4.55. The van der Waals surface area contributed by atoms with E-state index in [0.717, 1.165) is 11.3 Å². The maximum Gasteiger partial charge on any atom is 0.308 e. The molecule has 1 unspecified atom stereocenters. The monoisotopic (exact) mass is 311 g/mol. The highest BCUT2D eigenvalue weighted by atomic mass is 32.2. The summed E-state index contributed by atoms with van der Waals surface area (Å²) in [5.74, 6) is -0.570. The molecule has 1 amide bonds. The van der Waals surface area contributed by atoms with Crippen LogP contribution in [0.15, 0.2) is 24.3 Å². The Bertz CT molecular complexity index is 461. The van der Waals surface area contributed by atoms with Crippen LogP contribution in [0.4, 0.5) is 0 Å². The molecule has 1 aromatic rings. The van der Waals surface area contributed by atoms with Gasteiger partial charge in [-0.15, -0.1) is 0 Å². The Morgan fingerprint density at radius 1 is 1.33 bits per heavy atom. The fraction of sp³-hybridized carbons (Fsp3) is 0.467. The first-order chi connectivity index (χ1) is 10.1. The normalized spacial score (nSPS) is 11.7. The Morgan fingerprint density at radius 3 is 2.52 bits per heavy atom. The molecule has 1 atom stereocenters. The van der Waals surface area contributed by atoms with Gasteiger partial charge in [0.25, 0.3) is 0 Å². The number of hydrogen-bond donors (Lipinski definition) is 2. The van der Waals surface area contributed by atoms with Crippen molar-refractivity contribution in [3.05, 3.63) is 29.8 Å². The minimum atomic E-state index is -0.909. The van der Waals surface area contributed by atoms with Crippen molar-refractivity contribution < 1.29 is 19.4 Å². The standard InChI is InChI=1S/C15H21NO4S/c1-3-20-13-6-4-11(5-7-13)8-12(15(18)19)9-16-14(17)10-21-2/h4-7,12H,3,8-10H2,1-2H3,(H,16,17)(H,18,19). The third kappa shape index (κ3) is 6.53. The van der Waals surface area contributed by atoms with E-state index >= 15 is 0 Å². The summed E-state index contributed by atoms with van der Waals surface area (Å²) in [5.41, 5.74) is 0.907. The van der Waals surface area contributed by atoms with Gasteiger partial charge in [-0.1, -0.05) is 12.1 Å². The molecule has 0 saturated carbocycles. The first-order valence-corrected chi connectivity index (χ1v) is 8.16. The van der Waals surface area contributed by atoms with Crippen molar-refractivity contribution in [1.82, 2.24) is 5.32 Å². The largest absolute Gasteiger partial charge is 0.494 e. The third-order valence-corrected chi connectivity index (χ3v) is 3.44. The van der Waals surface area contributed by atoms with Gasteiger partial charge in [-0.05, 0) is 37.3 Å². The number of carboxylic acid groups (broad SMARTS) is 1. The molecule has 1 aromatic carbocycles. The summed E-state index contributed by atoms with van der Waals surface area (Å²) in [6.45, 7) is 2.64. The summed E-state index contributed by atoms with van der Waals surface area (Å²) < 4.78 is 5.34. The van der Waals surface area contributed by atoms with Crippen LogP contribution in [0.25, 0.3) is 0 Å². The number of hydrogen-bond acceptors (Lipinski definition) is 4. The maximum absolute atomic E-state index is 11.4. The Labute approximate surface area is 129 Å². The molecular weight excluding hydrogens is 290 g/mol. The van der Waals surface area contributed by atoms with Crippen molar-refractivity contribution in [3.8, 4) is 5.75 Å². The van der Waals surface area contributed by atoms with Crippen LogP contribution in [0.2, 0.25) is 0 Å². The van der Waals surface area contributed by atoms with E-state index < -0.39 is 11.9 Å². The van der Waals surface area contributed by atoms with Gasteiger partial charge in [0.1, 0.15) is 5.75 Å². The molecule has 2 N–H and O–H groups in total. The number of carboxylic acids is 1. The Hall–Kier alpha value is -1.69. The van der Waals surface area contributed by atoms with Crippen molar-refractivity contribution in [1.29, 1.82) is 0 Å². The van der Waals surface area contributed by atoms with Crippen LogP contribution >= 0.6 is 11.8 Å². The van der Waals surface area contributed by atoms with Gasteiger partial charge < -0.3 is 15.2 Å². The molecule has 0 aliphatic rings. The van der Waals surface area contributed by atoms with Gasteiger partial charge in [0.05, 0.1) is 18.3 Å². The number of rotatable bonds is 9. The summed E-state index contributed by atoms with van der Waals surface area (Å²) in [5, 5.41) is 11.9. The van der Waals surface area contributed by atoms with Crippen molar-refractivity contribution in [2.45, 2.75) is 13.3 Å². The van der Waals surface area contributed by atoms with E-state index in [-0.39, 0.29) is 12.5 Å². The predicted molar refractivity (Wildman–Crippen MR) is 83.8 cm³/mol. The van der Waals surface area contributed by atoms with E-state index in [9.17, 15) is 14.7 Å². The van der Waals surface area contributed by atoms with Crippen LogP contribution in [0.1, 0.15) is 12.5 Å². The van der Waals surface area contributed by atoms with Crippen molar-refractivity contribution in [3.63, 3.8) is 0 Å². The van der Waals surface area contributed by atoms with Gasteiger partial charge in [-0.2, -0.15) is 11.8 Å². The van der Waals surface area contributed by atoms with E-state index in [1.165, 1.54) is 11.8 Å². The van der Waals surface area contributed by atoms with Crippen LogP contribution in [-0.4, -0.2) is 42.1 Å². The van der Waals surface area contributed by atoms with Crippen LogP contribution in [0.3, 0.4) is 0 Å². The lowest BCUT2D eigenvalue weighted by Crippen LogP contribution is -2.35. The molecule has 0 aliphatic carbocycles. The second kappa shape index (κ2) is 9.28. The highest BCUT2D eigenvalue weighted by molar-refractivity contribution is 7.99. The Kier molecular flexibility index (Phi) is 7.68. The SMILES string of the molecule is CCOc1ccc(CC(CNC(=O)CSC)C(=O)O)cc1. The van der Waals surface area contributed by atoms with E-state index in [2.05, 4.69) is 5.32 Å². The maximum atomic E-state index is 11.4. The van der Waals surface area contributed by atoms with Crippen LogP contribution in [0, 0.1) is 5.92 Å². The summed E-state index contributed by atoms with van der Waals surface area (Å²) in [6.07, 6.45) is 2.20. The van der Waals surface area contributed by atoms with Crippen molar-refractivity contribution in [2.75, 3.05) is 25.2 Å². The highest BCUT2D eigenvalue weighted by Crippen LogP contribution is 2.15. The molecule has 5 nitrogen and oxygen atoms in total. The second-order valence-corrected chi connectivity index (χ2v) is 5.42. The lowest BCUT2D eigenvalue weighted by Gasteiger charge is -2.13. The summed E-state index contributed by atoms with van der Waals surface area (Å²) in [4.78, 5) is 22.7. The van der Waals surface area contributed by atoms with Gasteiger partial charge in [-0.3, -0.25) is 9.59 Å². The molecule has 0 saturated heterocycles. The molecule has 0 radical (unpaired) electrons. The zero-order valence-electron chi connectivity index (χ0n) is 12.3. The van der Waals surface area contributed by atoms with E-state index in [1.54, 1.807) is 0 Å². The topological polar surface area (TPSA) is 75.6 Å². The molecule has 0 aromatic heterocycles. The van der Waals surface area contributed by atoms with Gasteiger partial charge in [0.15, 0.2) is 0 Å². The molecule has 1 rings (SSSR count). The zero-order chi connectivity index (χ0) is 15.7. The molecule has 116 valence electrons. The number of thioether (sulfide) groups is 1. The lowest BCUT2D eigenvalue weighted by molar-refractivity contribution is -0.141. The fourth-order valence-corrected chi connectivity index (χ4v) is 2.20. The predicted octanol–water partition coefficient (Wildman–Crippen LogP) is 1.81. The lowest BCUT2D eigenvalue weighted by atomic mass is 9.99. The smallest absolute Gasteiger partial charge is 0.308 e. The Morgan fingerprint density at radius 2 is 2.00 bits per heavy atom. The molecule has 6 heteroatoms. The van der Waals surface area contributed by atoms with Gasteiger partial charge in [0.2, 0.25) is 5.91 Å². The number of carbonyl (C=O) groups is 2. The minimum Gasteiger partial charge on any atom is -0.494 e. The number of amides is 1. The number of aliphatic carboxylic acids is 1. The van der Waals surface area contributed by atoms with Crippen molar-refractivity contribution in [2.24, 2.45) is 5.92 Å². The first-order valence-electron chi connectivity index (χ1n) is 6.77. The molecule has 21 heavy (non-hydrogen) atoms. The number of ether oxygens (including phenoxy) is 1. The van der Waals surface area contributed by atoms with Gasteiger partial charge in [0, 0.05) is 6.54 Å². The molecule has 0 aliphatic heterocycles. The average Bonchev–Trinajstić information content (AvgIpc) is 2.45. The molecule has 0 spiro atoms. The van der Waals surface area contributed by atoms with Crippen molar-refractivity contribution >= 4 is 23.6 Å². The quantitative estimate of drug-likeness (QED) is 0.727. The van der Waals surface area contributed by atoms with E-state index in [1.807, 2.05) is 37.4 Å². The van der Waals surface area contributed by atoms with Gasteiger partial charge in [-0.25, -0.2) is 0 Å². The summed E-state index contributed by atoms with van der Waals surface area (Å²) >= 11 is 1.41. The minimum absolute atomic E-state index is 0.138. The highest BCUT2D eigenvalue weighted by Gasteiger charge is 2.18. The van der Waals surface area contributed by atoms with Crippen LogP contribution < -0.4 is 10.1 Å². The number of carbonyl (C=O) groups excluding carboxylic acids is 1. The molecule has 0 fully saturated rings. The Balaban J connectivity index is 2.57. The summed E-state index contributed by atoms with van der Waals surface area (Å²) in [7, 11) is 0. The first kappa shape index (κ1) is 17.4. The third-order valence-electron chi connectivity index (χ3n) is 2.89. The fourth-order valence-electron chi connectivity index (χ4n) is 1.84. The van der Waals surface area contributed by atoms with Crippen LogP contribution in [0.5, 0.6) is 5.75 Å². The van der Waals surface area contributed by atoms with Gasteiger partial charge >= 0.3 is 5.97 Å². The molecular formula is C15H21NO4S. The van der Waals surface area contributed by atoms with E-state index in [4.69, 9.17) is 4.74 Å². The molecule has 0 bridgehead atoms.